The highest BCUT2D eigenvalue weighted by molar-refractivity contribution is 8.14. The van der Waals surface area contributed by atoms with Gasteiger partial charge in [0, 0.05) is 12.2 Å². The Labute approximate surface area is 180 Å². The Balaban J connectivity index is 1.96. The van der Waals surface area contributed by atoms with Crippen LogP contribution in [0.25, 0.3) is 0 Å². The maximum atomic E-state index is 11.5. The van der Waals surface area contributed by atoms with Gasteiger partial charge in [0.1, 0.15) is 18.1 Å². The number of thioether (sulfide) groups is 1. The minimum Gasteiger partial charge on any atom is -0.497 e. The number of methoxy groups -OCH3 is 1. The molecule has 0 radical (unpaired) electrons. The van der Waals surface area contributed by atoms with Crippen LogP contribution in [0.3, 0.4) is 0 Å². The van der Waals surface area contributed by atoms with Crippen molar-refractivity contribution in [3.63, 3.8) is 0 Å². The Bertz CT molecular complexity index is 855. The largest absolute Gasteiger partial charge is 0.497 e. The lowest BCUT2D eigenvalue weighted by molar-refractivity contribution is -0.148. The normalized spacial score (nSPS) is 12.4. The summed E-state index contributed by atoms with van der Waals surface area (Å²) in [7, 11) is 1.58. The van der Waals surface area contributed by atoms with Crippen molar-refractivity contribution in [2.45, 2.75) is 31.6 Å². The number of nitrogens with one attached hydrogen (secondary N) is 1. The zero-order chi connectivity index (χ0) is 21.9. The van der Waals surface area contributed by atoms with Crippen molar-refractivity contribution in [2.75, 3.05) is 13.7 Å². The van der Waals surface area contributed by atoms with Gasteiger partial charge in [-0.25, -0.2) is 0 Å². The fourth-order valence-electron chi connectivity index (χ4n) is 2.77. The number of rotatable bonds is 10. The molecule has 2 atom stereocenters. The molecule has 0 aliphatic carbocycles. The van der Waals surface area contributed by atoms with Crippen molar-refractivity contribution in [1.82, 2.24) is 5.32 Å². The Hall–Kier alpha value is -3.00. The van der Waals surface area contributed by atoms with Gasteiger partial charge < -0.3 is 14.2 Å². The van der Waals surface area contributed by atoms with Gasteiger partial charge in [-0.05, 0) is 41.8 Å². The predicted octanol–water partition coefficient (Wildman–Crippen LogP) is 3.91. The van der Waals surface area contributed by atoms with Gasteiger partial charge in [0.2, 0.25) is 6.41 Å². The van der Waals surface area contributed by atoms with Crippen LogP contribution in [-0.2, 0) is 20.7 Å². The van der Waals surface area contributed by atoms with E-state index in [0.29, 0.717) is 24.3 Å². The monoisotopic (exact) mass is 431 g/mol. The Morgan fingerprint density at radius 1 is 1.13 bits per heavy atom. The summed E-state index contributed by atoms with van der Waals surface area (Å²) in [4.78, 5) is 33.2. The second-order valence-corrected chi connectivity index (χ2v) is 7.92. The Morgan fingerprint density at radius 2 is 1.87 bits per heavy atom. The average molecular weight is 432 g/mol. The highest BCUT2D eigenvalue weighted by atomic mass is 32.2. The number of ether oxygens (including phenoxy) is 3. The summed E-state index contributed by atoms with van der Waals surface area (Å²) in [5, 5.41) is 1.76. The molecular formula is C22H25NO6S. The minimum absolute atomic E-state index is 0.0122. The zero-order valence-electron chi connectivity index (χ0n) is 17.1. The van der Waals surface area contributed by atoms with Crippen LogP contribution >= 0.6 is 11.8 Å². The third-order valence-corrected chi connectivity index (χ3v) is 5.01. The first-order valence-corrected chi connectivity index (χ1v) is 10.2. The van der Waals surface area contributed by atoms with Crippen molar-refractivity contribution < 1.29 is 28.6 Å². The number of hydrogen-bond donors (Lipinski definition) is 1. The van der Waals surface area contributed by atoms with Gasteiger partial charge >= 0.3 is 5.97 Å². The van der Waals surface area contributed by atoms with Crippen LogP contribution in [0.15, 0.2) is 48.5 Å². The van der Waals surface area contributed by atoms with E-state index in [0.717, 1.165) is 22.9 Å². The fourth-order valence-corrected chi connectivity index (χ4v) is 3.53. The molecule has 7 nitrogen and oxygen atoms in total. The van der Waals surface area contributed by atoms with E-state index in [1.807, 2.05) is 49.4 Å². The first-order chi connectivity index (χ1) is 14.4. The molecule has 0 saturated heterocycles. The van der Waals surface area contributed by atoms with Gasteiger partial charge in [-0.2, -0.15) is 0 Å². The van der Waals surface area contributed by atoms with E-state index in [2.05, 4.69) is 5.32 Å². The molecule has 1 N–H and O–H groups in total. The van der Waals surface area contributed by atoms with Crippen molar-refractivity contribution in [1.29, 1.82) is 0 Å². The minimum atomic E-state index is -0.565. The van der Waals surface area contributed by atoms with Crippen LogP contribution in [0, 0.1) is 0 Å². The quantitative estimate of drug-likeness (QED) is 0.450. The second-order valence-electron chi connectivity index (χ2n) is 6.51. The summed E-state index contributed by atoms with van der Waals surface area (Å²) < 4.78 is 16.5. The first kappa shape index (κ1) is 23.3. The molecule has 0 aromatic heterocycles. The van der Waals surface area contributed by atoms with Crippen LogP contribution in [-0.4, -0.2) is 36.6 Å². The van der Waals surface area contributed by atoms with E-state index >= 15 is 0 Å². The number of hydrogen-bond acceptors (Lipinski definition) is 7. The molecule has 160 valence electrons. The van der Waals surface area contributed by atoms with Crippen LogP contribution in [0.1, 0.15) is 31.1 Å². The average Bonchev–Trinajstić information content (AvgIpc) is 2.72. The second kappa shape index (κ2) is 11.9. The lowest BCUT2D eigenvalue weighted by Gasteiger charge is -2.19. The summed E-state index contributed by atoms with van der Waals surface area (Å²) in [5.74, 6) is 0.910. The van der Waals surface area contributed by atoms with Gasteiger partial charge in [0.15, 0.2) is 6.10 Å². The molecule has 0 aliphatic heterocycles. The molecule has 0 saturated carbocycles. The van der Waals surface area contributed by atoms with Crippen molar-refractivity contribution in [2.24, 2.45) is 0 Å². The molecule has 0 heterocycles. The van der Waals surface area contributed by atoms with Crippen LogP contribution < -0.4 is 14.8 Å². The molecule has 8 heteroatoms. The Kier molecular flexibility index (Phi) is 9.21. The summed E-state index contributed by atoms with van der Waals surface area (Å²) in [6.45, 7) is 3.43. The first-order valence-electron chi connectivity index (χ1n) is 9.35. The molecule has 0 spiro atoms. The Morgan fingerprint density at radius 3 is 2.50 bits per heavy atom. The molecule has 0 fully saturated rings. The molecule has 30 heavy (non-hydrogen) atoms. The number of benzene rings is 2. The maximum absolute atomic E-state index is 11.5. The van der Waals surface area contributed by atoms with Crippen molar-refractivity contribution in [3.8, 4) is 11.5 Å². The maximum Gasteiger partial charge on any atom is 0.303 e. The van der Waals surface area contributed by atoms with Gasteiger partial charge in [-0.3, -0.25) is 19.7 Å². The molecule has 1 unspecified atom stereocenters. The number of carbonyl (C=O) groups excluding carboxylic acids is 3. The SMILES string of the molecule is COc1cccc([C@@H](COc2ccc(CC(C)SC(=O)NC=O)cc2)OC(C)=O)c1. The predicted molar refractivity (Wildman–Crippen MR) is 115 cm³/mol. The summed E-state index contributed by atoms with van der Waals surface area (Å²) >= 11 is 1.07. The number of carbonyl (C=O) groups is 3. The molecule has 2 aromatic rings. The van der Waals surface area contributed by atoms with Gasteiger partial charge in [-0.15, -0.1) is 0 Å². The molecule has 2 rings (SSSR count). The molecule has 0 bridgehead atoms. The molecule has 0 aliphatic rings. The van der Waals surface area contributed by atoms with E-state index in [9.17, 15) is 14.4 Å². The standard InChI is InChI=1S/C22H25NO6S/c1-15(30-22(26)23-14-24)11-17-7-9-19(10-8-17)28-13-21(29-16(2)25)18-5-4-6-20(12-18)27-3/h4-10,12,14-15,21H,11,13H2,1-3H3,(H,23,24,26)/t15?,21-/m1/s1. The topological polar surface area (TPSA) is 90.9 Å². The highest BCUT2D eigenvalue weighted by Gasteiger charge is 2.17. The van der Waals surface area contributed by atoms with Crippen LogP contribution in [0.4, 0.5) is 4.79 Å². The summed E-state index contributed by atoms with van der Waals surface area (Å²) in [6, 6.07) is 14.8. The third-order valence-electron chi connectivity index (χ3n) is 4.11. The lowest BCUT2D eigenvalue weighted by Crippen LogP contribution is -2.19. The summed E-state index contributed by atoms with van der Waals surface area (Å²) in [6.07, 6.45) is 0.477. The zero-order valence-corrected chi connectivity index (χ0v) is 17.9. The van der Waals surface area contributed by atoms with Crippen LogP contribution in [0.5, 0.6) is 11.5 Å². The van der Waals surface area contributed by atoms with E-state index in [-0.39, 0.29) is 17.1 Å². The van der Waals surface area contributed by atoms with E-state index in [4.69, 9.17) is 14.2 Å². The van der Waals surface area contributed by atoms with Gasteiger partial charge in [-0.1, -0.05) is 43.0 Å². The van der Waals surface area contributed by atoms with Gasteiger partial charge in [0.05, 0.1) is 7.11 Å². The molecular weight excluding hydrogens is 406 g/mol. The fraction of sp³-hybridized carbons (Fsp3) is 0.318. The van der Waals surface area contributed by atoms with Crippen molar-refractivity contribution >= 4 is 29.4 Å². The molecule has 2 aromatic carbocycles. The van der Waals surface area contributed by atoms with E-state index in [1.165, 1.54) is 6.92 Å². The van der Waals surface area contributed by atoms with Gasteiger partial charge in [0.25, 0.3) is 5.24 Å². The number of esters is 1. The van der Waals surface area contributed by atoms with E-state index < -0.39 is 12.1 Å². The number of imide groups is 1. The van der Waals surface area contributed by atoms with Crippen LogP contribution in [0.2, 0.25) is 0 Å². The van der Waals surface area contributed by atoms with E-state index in [1.54, 1.807) is 13.2 Å². The third kappa shape index (κ3) is 7.79. The summed E-state index contributed by atoms with van der Waals surface area (Å²) in [5.41, 5.74) is 1.81. The molecule has 2 amide bonds. The lowest BCUT2D eigenvalue weighted by atomic mass is 10.1. The van der Waals surface area contributed by atoms with Crippen molar-refractivity contribution in [3.05, 3.63) is 59.7 Å². The highest BCUT2D eigenvalue weighted by Crippen LogP contribution is 2.24. The number of amides is 2. The smallest absolute Gasteiger partial charge is 0.303 e.